The second-order valence-corrected chi connectivity index (χ2v) is 14.5. The standard InChI is InChI=1S/C32H44O8/c1-17(33)40-32(9,23(36)12-13-27(2,3)39)25-21(35)15-29(6)22-11-10-18-19(14-20(34)26(38)28(18,4)5)31(22,8)24(37)16-30(25,29)7/h10,12-14,19,21-22,25,34-35,39H,11,15-16H2,1-9H3. The van der Waals surface area contributed by atoms with Gasteiger partial charge in [0.2, 0.25) is 5.78 Å². The second kappa shape index (κ2) is 8.96. The number of ketones is 3. The molecule has 0 radical (unpaired) electrons. The molecule has 8 heteroatoms. The Labute approximate surface area is 236 Å². The Bertz CT molecular complexity index is 1260. The average molecular weight is 557 g/mol. The lowest BCUT2D eigenvalue weighted by molar-refractivity contribution is -0.191. The average Bonchev–Trinajstić information content (AvgIpc) is 3.00. The van der Waals surface area contributed by atoms with E-state index in [0.717, 1.165) is 5.57 Å². The number of allylic oxidation sites excluding steroid dienone is 4. The molecule has 0 bridgehead atoms. The number of ether oxygens (including phenoxy) is 1. The lowest BCUT2D eigenvalue weighted by Gasteiger charge is -2.63. The van der Waals surface area contributed by atoms with Crippen molar-refractivity contribution in [2.24, 2.45) is 39.4 Å². The summed E-state index contributed by atoms with van der Waals surface area (Å²) in [6.45, 7) is 15.1. The van der Waals surface area contributed by atoms with Crippen molar-refractivity contribution in [2.75, 3.05) is 0 Å². The monoisotopic (exact) mass is 556 g/mol. The highest BCUT2D eigenvalue weighted by Crippen LogP contribution is 2.74. The highest BCUT2D eigenvalue weighted by atomic mass is 16.6. The van der Waals surface area contributed by atoms with Crippen molar-refractivity contribution in [1.82, 2.24) is 0 Å². The van der Waals surface area contributed by atoms with Crippen molar-refractivity contribution in [3.05, 3.63) is 35.6 Å². The third-order valence-electron chi connectivity index (χ3n) is 11.1. The maximum atomic E-state index is 14.4. The van der Waals surface area contributed by atoms with Crippen molar-refractivity contribution in [3.63, 3.8) is 0 Å². The molecule has 2 fully saturated rings. The molecule has 0 saturated heterocycles. The van der Waals surface area contributed by atoms with Gasteiger partial charge in [-0.1, -0.05) is 38.5 Å². The Kier molecular flexibility index (Phi) is 6.80. The van der Waals surface area contributed by atoms with E-state index in [1.54, 1.807) is 13.8 Å². The highest BCUT2D eigenvalue weighted by molar-refractivity contribution is 6.02. The number of esters is 1. The Morgan fingerprint density at radius 2 is 1.68 bits per heavy atom. The van der Waals surface area contributed by atoms with Gasteiger partial charge in [0.25, 0.3) is 0 Å². The maximum Gasteiger partial charge on any atom is 0.303 e. The number of carbonyl (C=O) groups excluding carboxylic acids is 4. The first-order valence-corrected chi connectivity index (χ1v) is 14.1. The summed E-state index contributed by atoms with van der Waals surface area (Å²) in [4.78, 5) is 53.3. The zero-order chi connectivity index (χ0) is 30.4. The van der Waals surface area contributed by atoms with Gasteiger partial charge in [-0.3, -0.25) is 19.2 Å². The number of fused-ring (bicyclic) bond motifs is 5. The third-order valence-corrected chi connectivity index (χ3v) is 11.1. The van der Waals surface area contributed by atoms with Crippen LogP contribution in [-0.2, 0) is 23.9 Å². The molecule has 0 heterocycles. The van der Waals surface area contributed by atoms with E-state index in [2.05, 4.69) is 0 Å². The van der Waals surface area contributed by atoms with Gasteiger partial charge in [-0.15, -0.1) is 0 Å². The predicted molar refractivity (Wildman–Crippen MR) is 148 cm³/mol. The predicted octanol–water partition coefficient (Wildman–Crippen LogP) is 4.19. The van der Waals surface area contributed by atoms with Crippen LogP contribution in [0.25, 0.3) is 0 Å². The second-order valence-electron chi connectivity index (χ2n) is 14.5. The van der Waals surface area contributed by atoms with Crippen molar-refractivity contribution >= 4 is 23.3 Å². The van der Waals surface area contributed by atoms with Crippen LogP contribution in [0.1, 0.15) is 81.6 Å². The Morgan fingerprint density at radius 3 is 2.23 bits per heavy atom. The zero-order valence-corrected chi connectivity index (χ0v) is 25.1. The molecule has 220 valence electrons. The van der Waals surface area contributed by atoms with Crippen LogP contribution in [0.15, 0.2) is 35.6 Å². The summed E-state index contributed by atoms with van der Waals surface area (Å²) < 4.78 is 5.73. The lowest BCUT2D eigenvalue weighted by Crippen LogP contribution is -2.64. The van der Waals surface area contributed by atoms with Gasteiger partial charge >= 0.3 is 5.97 Å². The lowest BCUT2D eigenvalue weighted by atomic mass is 9.39. The SMILES string of the molecule is CC(=O)OC(C)(C(=O)C=CC(C)(C)O)C1C(O)CC2(C)C3CC=C4C(C=C(O)C(=O)C4(C)C)C3(C)C(=O)CC12C. The van der Waals surface area contributed by atoms with Gasteiger partial charge in [-0.2, -0.15) is 0 Å². The van der Waals surface area contributed by atoms with Crippen LogP contribution >= 0.6 is 0 Å². The van der Waals surface area contributed by atoms with Gasteiger partial charge in [0.1, 0.15) is 5.78 Å². The smallest absolute Gasteiger partial charge is 0.303 e. The maximum absolute atomic E-state index is 14.4. The minimum Gasteiger partial charge on any atom is -0.505 e. The van der Waals surface area contributed by atoms with E-state index in [9.17, 15) is 34.5 Å². The van der Waals surface area contributed by atoms with Crippen LogP contribution in [0.5, 0.6) is 0 Å². The van der Waals surface area contributed by atoms with Crippen molar-refractivity contribution in [2.45, 2.75) is 98.9 Å². The molecule has 2 saturated carbocycles. The van der Waals surface area contributed by atoms with E-state index >= 15 is 0 Å². The fourth-order valence-corrected chi connectivity index (χ4v) is 8.96. The van der Waals surface area contributed by atoms with Crippen molar-refractivity contribution in [3.8, 4) is 0 Å². The molecule has 8 atom stereocenters. The van der Waals surface area contributed by atoms with Crippen LogP contribution in [0.2, 0.25) is 0 Å². The van der Waals surface area contributed by atoms with Crippen LogP contribution in [0, 0.1) is 39.4 Å². The van der Waals surface area contributed by atoms with Gasteiger partial charge < -0.3 is 20.1 Å². The number of hydrogen-bond acceptors (Lipinski definition) is 8. The number of aliphatic hydroxyl groups is 3. The topological polar surface area (TPSA) is 138 Å². The van der Waals surface area contributed by atoms with Gasteiger partial charge in [-0.25, -0.2) is 0 Å². The Balaban J connectivity index is 1.87. The first-order chi connectivity index (χ1) is 18.1. The van der Waals surface area contributed by atoms with Crippen LogP contribution in [0.4, 0.5) is 0 Å². The van der Waals surface area contributed by atoms with Gasteiger partial charge in [0.15, 0.2) is 17.1 Å². The fourth-order valence-electron chi connectivity index (χ4n) is 8.96. The van der Waals surface area contributed by atoms with Crippen LogP contribution in [-0.4, -0.2) is 55.9 Å². The highest BCUT2D eigenvalue weighted by Gasteiger charge is 2.75. The molecule has 0 aliphatic heterocycles. The Hall–Kier alpha value is -2.58. The number of hydrogen-bond donors (Lipinski definition) is 3. The summed E-state index contributed by atoms with van der Waals surface area (Å²) >= 11 is 0. The van der Waals surface area contributed by atoms with Crippen molar-refractivity contribution in [1.29, 1.82) is 0 Å². The van der Waals surface area contributed by atoms with E-state index in [1.165, 1.54) is 45.9 Å². The van der Waals surface area contributed by atoms with E-state index in [4.69, 9.17) is 4.74 Å². The van der Waals surface area contributed by atoms with E-state index in [1.807, 2.05) is 26.8 Å². The molecule has 0 aromatic heterocycles. The zero-order valence-electron chi connectivity index (χ0n) is 25.1. The molecule has 0 spiro atoms. The van der Waals surface area contributed by atoms with Gasteiger partial charge in [0.05, 0.1) is 17.1 Å². The minimum absolute atomic E-state index is 0.0182. The molecular weight excluding hydrogens is 512 g/mol. The summed E-state index contributed by atoms with van der Waals surface area (Å²) in [7, 11) is 0. The minimum atomic E-state index is -1.79. The van der Waals surface area contributed by atoms with Gasteiger partial charge in [0, 0.05) is 30.6 Å². The molecule has 4 rings (SSSR count). The molecule has 4 aliphatic carbocycles. The number of Topliss-reactive ketones (excluding diaryl/α,β-unsaturated/α-hetero) is 2. The molecule has 4 aliphatic rings. The number of rotatable bonds is 5. The molecule has 8 nitrogen and oxygen atoms in total. The largest absolute Gasteiger partial charge is 0.505 e. The molecular formula is C32H44O8. The van der Waals surface area contributed by atoms with E-state index in [-0.39, 0.29) is 36.1 Å². The molecule has 8 unspecified atom stereocenters. The molecule has 0 aromatic carbocycles. The summed E-state index contributed by atoms with van der Waals surface area (Å²) in [6.07, 6.45) is 5.76. The third kappa shape index (κ3) is 4.00. The van der Waals surface area contributed by atoms with E-state index < -0.39 is 62.6 Å². The molecule has 3 N–H and O–H groups in total. The van der Waals surface area contributed by atoms with Crippen LogP contribution in [0.3, 0.4) is 0 Å². The Morgan fingerprint density at radius 1 is 1.07 bits per heavy atom. The molecule has 0 amide bonds. The normalized spacial score (nSPS) is 40.4. The first-order valence-electron chi connectivity index (χ1n) is 14.1. The fraction of sp³-hybridized carbons (Fsp3) is 0.688. The first kappa shape index (κ1) is 30.4. The summed E-state index contributed by atoms with van der Waals surface area (Å²) in [5.41, 5.74) is -5.78. The quantitative estimate of drug-likeness (QED) is 0.260. The van der Waals surface area contributed by atoms with Crippen LogP contribution < -0.4 is 0 Å². The molecule has 0 aromatic rings. The summed E-state index contributed by atoms with van der Waals surface area (Å²) in [5.74, 6) is -3.73. The van der Waals surface area contributed by atoms with Gasteiger partial charge in [-0.05, 0) is 76.4 Å². The number of carbonyl (C=O) groups is 4. The van der Waals surface area contributed by atoms with Crippen molar-refractivity contribution < 1.29 is 39.2 Å². The molecule has 40 heavy (non-hydrogen) atoms. The summed E-state index contributed by atoms with van der Waals surface area (Å²) in [6, 6.07) is 0. The van der Waals surface area contributed by atoms with E-state index in [0.29, 0.717) is 6.42 Å². The number of aliphatic hydroxyl groups excluding tert-OH is 2. The summed E-state index contributed by atoms with van der Waals surface area (Å²) in [5, 5.41) is 32.5.